The number of hydrogen-bond donors (Lipinski definition) is 2. The van der Waals surface area contributed by atoms with Crippen molar-refractivity contribution in [1.29, 1.82) is 0 Å². The van der Waals surface area contributed by atoms with Gasteiger partial charge in [-0.1, -0.05) is 18.2 Å². The van der Waals surface area contributed by atoms with Crippen LogP contribution in [0.15, 0.2) is 24.3 Å². The van der Waals surface area contributed by atoms with Crippen LogP contribution in [-0.2, 0) is 16.0 Å². The van der Waals surface area contributed by atoms with Gasteiger partial charge in [-0.2, -0.15) is 0 Å². The number of carbonyl (C=O) groups excluding carboxylic acids is 1. The van der Waals surface area contributed by atoms with Crippen LogP contribution in [0.25, 0.3) is 0 Å². The van der Waals surface area contributed by atoms with E-state index in [-0.39, 0.29) is 12.7 Å². The lowest BCUT2D eigenvalue weighted by atomic mass is 10.1. The summed E-state index contributed by atoms with van der Waals surface area (Å²) >= 11 is 0. The van der Waals surface area contributed by atoms with E-state index in [2.05, 4.69) is 4.74 Å². The average molecular weight is 194 g/mol. The molecule has 0 saturated heterocycles. The van der Waals surface area contributed by atoms with Crippen molar-refractivity contribution >= 4 is 11.7 Å². The summed E-state index contributed by atoms with van der Waals surface area (Å²) < 4.78 is 4.60. The summed E-state index contributed by atoms with van der Waals surface area (Å²) in [5, 5.41) is 0. The zero-order chi connectivity index (χ0) is 10.4. The van der Waals surface area contributed by atoms with E-state index in [0.717, 1.165) is 5.56 Å². The molecule has 0 heterocycles. The first kappa shape index (κ1) is 10.5. The number of rotatable bonds is 4. The molecule has 0 fully saturated rings. The predicted molar refractivity (Wildman–Crippen MR) is 54.3 cm³/mol. The van der Waals surface area contributed by atoms with Crippen LogP contribution in [0.4, 0.5) is 5.69 Å². The van der Waals surface area contributed by atoms with Gasteiger partial charge >= 0.3 is 5.97 Å². The first-order valence-corrected chi connectivity index (χ1v) is 4.43. The maximum Gasteiger partial charge on any atom is 0.307 e. The molecule has 0 amide bonds. The van der Waals surface area contributed by atoms with E-state index < -0.39 is 0 Å². The predicted octanol–water partition coefficient (Wildman–Crippen LogP) is 0.661. The van der Waals surface area contributed by atoms with Gasteiger partial charge < -0.3 is 10.5 Å². The summed E-state index contributed by atoms with van der Waals surface area (Å²) in [6, 6.07) is 7.45. The Morgan fingerprint density at radius 1 is 1.36 bits per heavy atom. The van der Waals surface area contributed by atoms with Gasteiger partial charge in [-0.25, -0.2) is 0 Å². The Balaban J connectivity index is 2.46. The molecule has 0 aliphatic heterocycles. The van der Waals surface area contributed by atoms with Gasteiger partial charge in [0.15, 0.2) is 0 Å². The third kappa shape index (κ3) is 3.06. The quantitative estimate of drug-likeness (QED) is 0.419. The second kappa shape index (κ2) is 5.24. The molecule has 14 heavy (non-hydrogen) atoms. The van der Waals surface area contributed by atoms with Crippen LogP contribution in [-0.4, -0.2) is 12.7 Å². The normalized spacial score (nSPS) is 9.79. The van der Waals surface area contributed by atoms with Crippen LogP contribution in [0.1, 0.15) is 12.0 Å². The number of ether oxygens (including phenoxy) is 1. The fourth-order valence-corrected chi connectivity index (χ4v) is 1.16. The van der Waals surface area contributed by atoms with E-state index in [0.29, 0.717) is 18.5 Å². The van der Waals surface area contributed by atoms with Crippen molar-refractivity contribution in [1.82, 2.24) is 0 Å². The molecule has 0 aliphatic carbocycles. The molecule has 0 atom stereocenters. The van der Waals surface area contributed by atoms with Crippen molar-refractivity contribution < 1.29 is 9.53 Å². The summed E-state index contributed by atoms with van der Waals surface area (Å²) in [6.45, 7) is -0.0664. The van der Waals surface area contributed by atoms with Crippen LogP contribution in [0.5, 0.6) is 0 Å². The highest BCUT2D eigenvalue weighted by Crippen LogP contribution is 2.12. The fraction of sp³-hybridized carbons (Fsp3) is 0.300. The molecule has 4 N–H and O–H groups in total. The fourth-order valence-electron chi connectivity index (χ4n) is 1.16. The lowest BCUT2D eigenvalue weighted by Gasteiger charge is -2.04. The molecule has 0 radical (unpaired) electrons. The minimum Gasteiger partial charge on any atom is -0.450 e. The van der Waals surface area contributed by atoms with Gasteiger partial charge in [0.2, 0.25) is 0 Å². The van der Waals surface area contributed by atoms with Crippen molar-refractivity contribution in [2.45, 2.75) is 12.8 Å². The van der Waals surface area contributed by atoms with Crippen LogP contribution in [0.2, 0.25) is 0 Å². The summed E-state index contributed by atoms with van der Waals surface area (Å²) in [6.07, 6.45) is 0.900. The number of nitrogen functional groups attached to an aromatic ring is 1. The monoisotopic (exact) mass is 194 g/mol. The van der Waals surface area contributed by atoms with Gasteiger partial charge in [0, 0.05) is 12.1 Å². The Morgan fingerprint density at radius 3 is 2.71 bits per heavy atom. The van der Waals surface area contributed by atoms with Crippen LogP contribution in [0, 0.1) is 0 Å². The van der Waals surface area contributed by atoms with E-state index in [4.69, 9.17) is 11.5 Å². The number of hydrogen-bond acceptors (Lipinski definition) is 4. The Labute approximate surface area is 82.8 Å². The average Bonchev–Trinajstić information content (AvgIpc) is 2.17. The molecule has 0 saturated carbocycles. The van der Waals surface area contributed by atoms with Gasteiger partial charge in [0.05, 0.1) is 0 Å². The first-order chi connectivity index (χ1) is 6.74. The van der Waals surface area contributed by atoms with Crippen molar-refractivity contribution in [3.63, 3.8) is 0 Å². The smallest absolute Gasteiger partial charge is 0.307 e. The lowest BCUT2D eigenvalue weighted by molar-refractivity contribution is -0.143. The number of anilines is 1. The standard InChI is InChI=1S/C10H14N2O2/c11-7-14-10(13)6-5-8-3-1-2-4-9(8)12/h1-4H,5-7,11-12H2. The van der Waals surface area contributed by atoms with Gasteiger partial charge in [0.25, 0.3) is 0 Å². The molecule has 1 aromatic rings. The van der Waals surface area contributed by atoms with Crippen LogP contribution in [0.3, 0.4) is 0 Å². The molecular formula is C10H14N2O2. The molecule has 76 valence electrons. The molecule has 0 unspecified atom stereocenters. The Hall–Kier alpha value is -1.55. The van der Waals surface area contributed by atoms with E-state index in [9.17, 15) is 4.79 Å². The summed E-state index contributed by atoms with van der Waals surface area (Å²) in [4.78, 5) is 11.0. The van der Waals surface area contributed by atoms with Crippen molar-refractivity contribution in [2.24, 2.45) is 5.73 Å². The van der Waals surface area contributed by atoms with Gasteiger partial charge in [0.1, 0.15) is 6.73 Å². The maximum absolute atomic E-state index is 11.0. The molecule has 1 aromatic carbocycles. The molecule has 0 aliphatic rings. The Bertz CT molecular complexity index is 313. The zero-order valence-corrected chi connectivity index (χ0v) is 7.90. The van der Waals surface area contributed by atoms with E-state index >= 15 is 0 Å². The molecule has 4 heteroatoms. The third-order valence-electron chi connectivity index (χ3n) is 1.90. The summed E-state index contributed by atoms with van der Waals surface area (Å²) in [7, 11) is 0. The Kier molecular flexibility index (Phi) is 3.94. The summed E-state index contributed by atoms with van der Waals surface area (Å²) in [5.74, 6) is -0.296. The molecule has 4 nitrogen and oxygen atoms in total. The van der Waals surface area contributed by atoms with E-state index in [1.54, 1.807) is 0 Å². The highest BCUT2D eigenvalue weighted by molar-refractivity contribution is 5.70. The minimum atomic E-state index is -0.296. The number of carbonyl (C=O) groups is 1. The highest BCUT2D eigenvalue weighted by Gasteiger charge is 2.04. The largest absolute Gasteiger partial charge is 0.450 e. The van der Waals surface area contributed by atoms with Gasteiger partial charge in [-0.3, -0.25) is 10.5 Å². The van der Waals surface area contributed by atoms with Crippen molar-refractivity contribution in [2.75, 3.05) is 12.5 Å². The zero-order valence-electron chi connectivity index (χ0n) is 7.90. The van der Waals surface area contributed by atoms with Crippen molar-refractivity contribution in [3.8, 4) is 0 Å². The third-order valence-corrected chi connectivity index (χ3v) is 1.90. The summed E-state index contributed by atoms with van der Waals surface area (Å²) in [5.41, 5.74) is 12.4. The number of nitrogens with two attached hydrogens (primary N) is 2. The topological polar surface area (TPSA) is 78.3 Å². The number of benzene rings is 1. The van der Waals surface area contributed by atoms with Crippen molar-refractivity contribution in [3.05, 3.63) is 29.8 Å². The molecule has 0 spiro atoms. The van der Waals surface area contributed by atoms with Crippen LogP contribution < -0.4 is 11.5 Å². The van der Waals surface area contributed by atoms with Gasteiger partial charge in [-0.05, 0) is 18.1 Å². The second-order valence-corrected chi connectivity index (χ2v) is 2.88. The van der Waals surface area contributed by atoms with Crippen LogP contribution >= 0.6 is 0 Å². The Morgan fingerprint density at radius 2 is 2.07 bits per heavy atom. The maximum atomic E-state index is 11.0. The first-order valence-electron chi connectivity index (χ1n) is 4.43. The lowest BCUT2D eigenvalue weighted by Crippen LogP contribution is -2.12. The molecule has 0 bridgehead atoms. The minimum absolute atomic E-state index is 0.0664. The number of esters is 1. The van der Waals surface area contributed by atoms with E-state index in [1.165, 1.54) is 0 Å². The SMILES string of the molecule is NCOC(=O)CCc1ccccc1N. The molecule has 0 aromatic heterocycles. The molecule has 1 rings (SSSR count). The second-order valence-electron chi connectivity index (χ2n) is 2.88. The highest BCUT2D eigenvalue weighted by atomic mass is 16.5. The van der Waals surface area contributed by atoms with E-state index in [1.807, 2.05) is 24.3 Å². The number of para-hydroxylation sites is 1. The van der Waals surface area contributed by atoms with Gasteiger partial charge in [-0.15, -0.1) is 0 Å². The molecular weight excluding hydrogens is 180 g/mol. The number of aryl methyl sites for hydroxylation is 1.